The lowest BCUT2D eigenvalue weighted by molar-refractivity contribution is 0.0887. The molecular formula is C12H17IO2. The molecule has 3 heteroatoms. The van der Waals surface area contributed by atoms with E-state index in [0.29, 0.717) is 19.4 Å². The third-order valence-electron chi connectivity index (χ3n) is 2.18. The molecule has 15 heavy (non-hydrogen) atoms. The first-order valence-corrected chi connectivity index (χ1v) is 6.30. The van der Waals surface area contributed by atoms with E-state index < -0.39 is 0 Å². The molecule has 0 spiro atoms. The van der Waals surface area contributed by atoms with Gasteiger partial charge in [0.15, 0.2) is 0 Å². The Kier molecular flexibility index (Phi) is 6.20. The molecule has 2 nitrogen and oxygen atoms in total. The third-order valence-corrected chi connectivity index (χ3v) is 2.90. The van der Waals surface area contributed by atoms with E-state index in [2.05, 4.69) is 46.9 Å². The minimum atomic E-state index is -0.295. The number of hydrogen-bond acceptors (Lipinski definition) is 2. The molecular weight excluding hydrogens is 303 g/mol. The molecule has 0 saturated carbocycles. The Bertz CT molecular complexity index is 271. The quantitative estimate of drug-likeness (QED) is 0.645. The predicted molar refractivity (Wildman–Crippen MR) is 70.0 cm³/mol. The fourth-order valence-corrected chi connectivity index (χ4v) is 1.72. The molecule has 0 aliphatic carbocycles. The van der Waals surface area contributed by atoms with Crippen molar-refractivity contribution in [2.45, 2.75) is 25.9 Å². The van der Waals surface area contributed by atoms with Crippen molar-refractivity contribution in [2.75, 3.05) is 13.2 Å². The van der Waals surface area contributed by atoms with Crippen LogP contribution in [0, 0.1) is 3.57 Å². The zero-order chi connectivity index (χ0) is 11.1. The van der Waals surface area contributed by atoms with Crippen molar-refractivity contribution < 1.29 is 9.84 Å². The Morgan fingerprint density at radius 3 is 2.60 bits per heavy atom. The summed E-state index contributed by atoms with van der Waals surface area (Å²) in [6, 6.07) is 8.24. The van der Waals surface area contributed by atoms with Crippen molar-refractivity contribution in [2.24, 2.45) is 0 Å². The van der Waals surface area contributed by atoms with Gasteiger partial charge in [-0.2, -0.15) is 0 Å². The fourth-order valence-electron chi connectivity index (χ4n) is 1.36. The van der Waals surface area contributed by atoms with Crippen LogP contribution in [0.1, 0.15) is 18.9 Å². The van der Waals surface area contributed by atoms with Gasteiger partial charge in [-0.1, -0.05) is 12.1 Å². The van der Waals surface area contributed by atoms with Crippen LogP contribution in [-0.2, 0) is 11.2 Å². The van der Waals surface area contributed by atoms with Crippen LogP contribution in [-0.4, -0.2) is 24.4 Å². The van der Waals surface area contributed by atoms with Gasteiger partial charge in [-0.05, 0) is 60.1 Å². The van der Waals surface area contributed by atoms with E-state index in [0.717, 1.165) is 6.61 Å². The van der Waals surface area contributed by atoms with Gasteiger partial charge >= 0.3 is 0 Å². The summed E-state index contributed by atoms with van der Waals surface area (Å²) in [4.78, 5) is 0. The van der Waals surface area contributed by atoms with Crippen LogP contribution in [0.25, 0.3) is 0 Å². The summed E-state index contributed by atoms with van der Waals surface area (Å²) in [5, 5.41) is 9.72. The van der Waals surface area contributed by atoms with Crippen LogP contribution in [0.15, 0.2) is 24.3 Å². The van der Waals surface area contributed by atoms with Crippen LogP contribution in [0.5, 0.6) is 0 Å². The van der Waals surface area contributed by atoms with Crippen molar-refractivity contribution in [1.29, 1.82) is 0 Å². The number of benzene rings is 1. The topological polar surface area (TPSA) is 29.5 Å². The SMILES string of the molecule is CCOCCC(O)Cc1ccc(I)cc1. The molecule has 0 amide bonds. The molecule has 1 rings (SSSR count). The molecule has 0 fully saturated rings. The summed E-state index contributed by atoms with van der Waals surface area (Å²) in [5.41, 5.74) is 1.18. The van der Waals surface area contributed by atoms with Crippen LogP contribution in [0.3, 0.4) is 0 Å². The van der Waals surface area contributed by atoms with Gasteiger partial charge in [-0.3, -0.25) is 0 Å². The highest BCUT2D eigenvalue weighted by molar-refractivity contribution is 14.1. The van der Waals surface area contributed by atoms with Crippen molar-refractivity contribution in [3.05, 3.63) is 33.4 Å². The number of halogens is 1. The van der Waals surface area contributed by atoms with Gasteiger partial charge in [-0.15, -0.1) is 0 Å². The van der Waals surface area contributed by atoms with E-state index in [-0.39, 0.29) is 6.10 Å². The predicted octanol–water partition coefficient (Wildman–Crippen LogP) is 2.62. The van der Waals surface area contributed by atoms with E-state index in [1.165, 1.54) is 9.13 Å². The molecule has 84 valence electrons. The van der Waals surface area contributed by atoms with Crippen LogP contribution < -0.4 is 0 Å². The molecule has 0 aliphatic rings. The molecule has 1 N–H and O–H groups in total. The second-order valence-corrected chi connectivity index (χ2v) is 4.72. The smallest absolute Gasteiger partial charge is 0.0602 e. The maximum absolute atomic E-state index is 9.72. The normalized spacial score (nSPS) is 12.7. The first kappa shape index (κ1) is 12.9. The molecule has 0 heterocycles. The summed E-state index contributed by atoms with van der Waals surface area (Å²) in [5.74, 6) is 0. The van der Waals surface area contributed by atoms with Crippen molar-refractivity contribution in [3.63, 3.8) is 0 Å². The van der Waals surface area contributed by atoms with Gasteiger partial charge in [0.25, 0.3) is 0 Å². The molecule has 1 aromatic carbocycles. The van der Waals surface area contributed by atoms with Gasteiger partial charge in [0.2, 0.25) is 0 Å². The number of aliphatic hydroxyl groups excluding tert-OH is 1. The molecule has 1 atom stereocenters. The standard InChI is InChI=1S/C12H17IO2/c1-2-15-8-7-12(14)9-10-3-5-11(13)6-4-10/h3-6,12,14H,2,7-9H2,1H3. The van der Waals surface area contributed by atoms with Crippen LogP contribution >= 0.6 is 22.6 Å². The number of rotatable bonds is 6. The summed E-state index contributed by atoms with van der Waals surface area (Å²) in [6.45, 7) is 3.32. The monoisotopic (exact) mass is 320 g/mol. The van der Waals surface area contributed by atoms with Crippen molar-refractivity contribution >= 4 is 22.6 Å². The summed E-state index contributed by atoms with van der Waals surface area (Å²) in [6.07, 6.45) is 1.13. The Hall–Kier alpha value is -0.130. The highest BCUT2D eigenvalue weighted by Gasteiger charge is 2.05. The maximum Gasteiger partial charge on any atom is 0.0602 e. The lowest BCUT2D eigenvalue weighted by Crippen LogP contribution is -2.13. The minimum Gasteiger partial charge on any atom is -0.393 e. The van der Waals surface area contributed by atoms with E-state index in [1.807, 2.05) is 6.92 Å². The van der Waals surface area contributed by atoms with Crippen molar-refractivity contribution in [1.82, 2.24) is 0 Å². The second-order valence-electron chi connectivity index (χ2n) is 3.47. The molecule has 0 saturated heterocycles. The second kappa shape index (κ2) is 7.19. The van der Waals surface area contributed by atoms with Gasteiger partial charge in [0, 0.05) is 16.8 Å². The first-order chi connectivity index (χ1) is 7.22. The highest BCUT2D eigenvalue weighted by Crippen LogP contribution is 2.10. The van der Waals surface area contributed by atoms with E-state index >= 15 is 0 Å². The minimum absolute atomic E-state index is 0.295. The average molecular weight is 320 g/mol. The third kappa shape index (κ3) is 5.49. The lowest BCUT2D eigenvalue weighted by atomic mass is 10.1. The number of ether oxygens (including phenoxy) is 1. The van der Waals surface area contributed by atoms with Crippen molar-refractivity contribution in [3.8, 4) is 0 Å². The summed E-state index contributed by atoms with van der Waals surface area (Å²) >= 11 is 2.28. The Balaban J connectivity index is 2.31. The van der Waals surface area contributed by atoms with Gasteiger partial charge < -0.3 is 9.84 Å². The molecule has 1 unspecified atom stereocenters. The largest absolute Gasteiger partial charge is 0.393 e. The maximum atomic E-state index is 9.72. The van der Waals surface area contributed by atoms with E-state index in [4.69, 9.17) is 4.74 Å². The molecule has 0 bridgehead atoms. The highest BCUT2D eigenvalue weighted by atomic mass is 127. The summed E-state index contributed by atoms with van der Waals surface area (Å²) < 4.78 is 6.42. The molecule has 0 aliphatic heterocycles. The van der Waals surface area contributed by atoms with Gasteiger partial charge in [0.05, 0.1) is 6.10 Å². The Morgan fingerprint density at radius 2 is 2.00 bits per heavy atom. The molecule has 0 aromatic heterocycles. The molecule has 1 aromatic rings. The van der Waals surface area contributed by atoms with E-state index in [9.17, 15) is 5.11 Å². The zero-order valence-electron chi connectivity index (χ0n) is 8.95. The first-order valence-electron chi connectivity index (χ1n) is 5.22. The summed E-state index contributed by atoms with van der Waals surface area (Å²) in [7, 11) is 0. The number of aliphatic hydroxyl groups is 1. The average Bonchev–Trinajstić information content (AvgIpc) is 2.22. The van der Waals surface area contributed by atoms with E-state index in [1.54, 1.807) is 0 Å². The molecule has 0 radical (unpaired) electrons. The van der Waals surface area contributed by atoms with Gasteiger partial charge in [0.1, 0.15) is 0 Å². The zero-order valence-corrected chi connectivity index (χ0v) is 11.1. The lowest BCUT2D eigenvalue weighted by Gasteiger charge is -2.10. The number of hydrogen-bond donors (Lipinski definition) is 1. The van der Waals surface area contributed by atoms with Crippen LogP contribution in [0.4, 0.5) is 0 Å². The Labute approximate surface area is 105 Å². The van der Waals surface area contributed by atoms with Crippen LogP contribution in [0.2, 0.25) is 0 Å². The Morgan fingerprint density at radius 1 is 1.33 bits per heavy atom. The fraction of sp³-hybridized carbons (Fsp3) is 0.500. The van der Waals surface area contributed by atoms with Gasteiger partial charge in [-0.25, -0.2) is 0 Å².